The van der Waals surface area contributed by atoms with Gasteiger partial charge in [0.25, 0.3) is 0 Å². The van der Waals surface area contributed by atoms with Crippen LogP contribution in [0.4, 0.5) is 0 Å². The molecule has 1 heteroatoms. The van der Waals surface area contributed by atoms with Gasteiger partial charge in [-0.25, -0.2) is 0 Å². The van der Waals surface area contributed by atoms with Crippen molar-refractivity contribution in [2.24, 2.45) is 5.73 Å². The molecule has 0 aromatic heterocycles. The second-order valence-corrected chi connectivity index (χ2v) is 3.57. The quantitative estimate of drug-likeness (QED) is 0.707. The molecule has 1 aromatic rings. The van der Waals surface area contributed by atoms with Gasteiger partial charge in [-0.3, -0.25) is 0 Å². The van der Waals surface area contributed by atoms with E-state index in [2.05, 4.69) is 37.8 Å². The molecule has 0 saturated heterocycles. The Morgan fingerprint density at radius 2 is 2.00 bits per heavy atom. The molecule has 0 aliphatic heterocycles. The molecule has 0 aliphatic carbocycles. The molecule has 0 radical (unpaired) electrons. The predicted molar refractivity (Wildman–Crippen MR) is 62.2 cm³/mol. The highest BCUT2D eigenvalue weighted by molar-refractivity contribution is 5.24. The van der Waals surface area contributed by atoms with Crippen LogP contribution in [0.1, 0.15) is 36.9 Å². The molecule has 0 aliphatic rings. The molecule has 0 saturated carbocycles. The molecule has 1 atom stereocenters. The average molecular weight is 189 g/mol. The lowest BCUT2D eigenvalue weighted by molar-refractivity contribution is 0.661. The average Bonchev–Trinajstić information content (AvgIpc) is 2.26. The number of hydrogen-bond acceptors (Lipinski definition) is 1. The van der Waals surface area contributed by atoms with Gasteiger partial charge in [-0.1, -0.05) is 37.3 Å². The molecule has 0 fully saturated rings. The molecule has 76 valence electrons. The minimum Gasteiger partial charge on any atom is -0.324 e. The van der Waals surface area contributed by atoms with Crippen molar-refractivity contribution in [1.29, 1.82) is 0 Å². The van der Waals surface area contributed by atoms with E-state index in [9.17, 15) is 0 Å². The monoisotopic (exact) mass is 189 g/mol. The lowest BCUT2D eigenvalue weighted by atomic mass is 10.0. The van der Waals surface area contributed by atoms with Crippen LogP contribution < -0.4 is 5.73 Å². The third-order valence-electron chi connectivity index (χ3n) is 2.50. The van der Waals surface area contributed by atoms with Gasteiger partial charge in [-0.2, -0.15) is 0 Å². The zero-order valence-electron chi connectivity index (χ0n) is 8.87. The molecular formula is C13H19N. The van der Waals surface area contributed by atoms with Gasteiger partial charge in [0.1, 0.15) is 0 Å². The van der Waals surface area contributed by atoms with E-state index in [1.807, 2.05) is 6.08 Å². The Morgan fingerprint density at radius 3 is 2.50 bits per heavy atom. The third kappa shape index (κ3) is 3.00. The molecule has 14 heavy (non-hydrogen) atoms. The second-order valence-electron chi connectivity index (χ2n) is 3.57. The minimum absolute atomic E-state index is 0.152. The van der Waals surface area contributed by atoms with Crippen LogP contribution in [0.15, 0.2) is 36.9 Å². The fourth-order valence-corrected chi connectivity index (χ4v) is 1.46. The highest BCUT2D eigenvalue weighted by atomic mass is 14.6. The van der Waals surface area contributed by atoms with E-state index in [0.29, 0.717) is 0 Å². The third-order valence-corrected chi connectivity index (χ3v) is 2.50. The molecule has 0 amide bonds. The van der Waals surface area contributed by atoms with Gasteiger partial charge in [0.15, 0.2) is 0 Å². The van der Waals surface area contributed by atoms with Gasteiger partial charge in [0.05, 0.1) is 0 Å². The zero-order valence-corrected chi connectivity index (χ0v) is 8.87. The van der Waals surface area contributed by atoms with Crippen molar-refractivity contribution in [2.45, 2.75) is 32.2 Å². The summed E-state index contributed by atoms with van der Waals surface area (Å²) in [5.41, 5.74) is 8.62. The highest BCUT2D eigenvalue weighted by Crippen LogP contribution is 2.16. The van der Waals surface area contributed by atoms with E-state index < -0.39 is 0 Å². The van der Waals surface area contributed by atoms with Crippen LogP contribution in [-0.2, 0) is 6.42 Å². The van der Waals surface area contributed by atoms with Gasteiger partial charge >= 0.3 is 0 Å². The maximum absolute atomic E-state index is 6.02. The van der Waals surface area contributed by atoms with E-state index >= 15 is 0 Å². The molecule has 1 aromatic carbocycles. The topological polar surface area (TPSA) is 26.0 Å². The lowest BCUT2D eigenvalue weighted by Gasteiger charge is -2.10. The van der Waals surface area contributed by atoms with Crippen molar-refractivity contribution >= 4 is 0 Å². The number of aryl methyl sites for hydroxylation is 1. The van der Waals surface area contributed by atoms with E-state index in [-0.39, 0.29) is 6.04 Å². The van der Waals surface area contributed by atoms with Crippen LogP contribution >= 0.6 is 0 Å². The largest absolute Gasteiger partial charge is 0.324 e. The number of rotatable bonds is 5. The molecule has 0 heterocycles. The first-order chi connectivity index (χ1) is 6.77. The van der Waals surface area contributed by atoms with Crippen LogP contribution in [0.3, 0.4) is 0 Å². The van der Waals surface area contributed by atoms with E-state index in [1.165, 1.54) is 11.1 Å². The molecule has 0 bridgehead atoms. The van der Waals surface area contributed by atoms with E-state index in [4.69, 9.17) is 5.73 Å². The fourth-order valence-electron chi connectivity index (χ4n) is 1.46. The number of benzene rings is 1. The molecule has 2 N–H and O–H groups in total. The van der Waals surface area contributed by atoms with Crippen LogP contribution in [0.5, 0.6) is 0 Å². The van der Waals surface area contributed by atoms with Crippen LogP contribution in [-0.4, -0.2) is 0 Å². The normalized spacial score (nSPS) is 12.4. The molecular weight excluding hydrogens is 170 g/mol. The Bertz CT molecular complexity index is 274. The SMILES string of the molecule is C=CCC[C@H](N)c1ccc(CC)cc1. The van der Waals surface area contributed by atoms with Crippen LogP contribution in [0, 0.1) is 0 Å². The minimum atomic E-state index is 0.152. The first-order valence-electron chi connectivity index (χ1n) is 5.23. The summed E-state index contributed by atoms with van der Waals surface area (Å²) in [6.45, 7) is 5.86. The second kappa shape index (κ2) is 5.61. The first kappa shape index (κ1) is 11.0. The summed E-state index contributed by atoms with van der Waals surface area (Å²) in [7, 11) is 0. The van der Waals surface area contributed by atoms with Crippen molar-refractivity contribution in [2.75, 3.05) is 0 Å². The summed E-state index contributed by atoms with van der Waals surface area (Å²) in [4.78, 5) is 0. The van der Waals surface area contributed by atoms with Crippen molar-refractivity contribution in [1.82, 2.24) is 0 Å². The molecule has 1 nitrogen and oxygen atoms in total. The Hall–Kier alpha value is -1.08. The van der Waals surface area contributed by atoms with Gasteiger partial charge in [-0.05, 0) is 30.4 Å². The summed E-state index contributed by atoms with van der Waals surface area (Å²) < 4.78 is 0. The summed E-state index contributed by atoms with van der Waals surface area (Å²) in [5.74, 6) is 0. The fraction of sp³-hybridized carbons (Fsp3) is 0.385. The lowest BCUT2D eigenvalue weighted by Crippen LogP contribution is -2.09. The number of allylic oxidation sites excluding steroid dienone is 1. The van der Waals surface area contributed by atoms with Gasteiger partial charge in [-0.15, -0.1) is 6.58 Å². The summed E-state index contributed by atoms with van der Waals surface area (Å²) in [6.07, 6.45) is 4.97. The molecule has 1 rings (SSSR count). The zero-order chi connectivity index (χ0) is 10.4. The van der Waals surface area contributed by atoms with Crippen molar-refractivity contribution in [3.05, 3.63) is 48.0 Å². The smallest absolute Gasteiger partial charge is 0.0297 e. The molecule has 0 unspecified atom stereocenters. The Balaban J connectivity index is 2.61. The maximum Gasteiger partial charge on any atom is 0.0297 e. The Kier molecular flexibility index (Phi) is 4.41. The van der Waals surface area contributed by atoms with Gasteiger partial charge in [0, 0.05) is 6.04 Å². The highest BCUT2D eigenvalue weighted by Gasteiger charge is 2.03. The Labute approximate surface area is 86.6 Å². The van der Waals surface area contributed by atoms with E-state index in [1.54, 1.807) is 0 Å². The summed E-state index contributed by atoms with van der Waals surface area (Å²) >= 11 is 0. The van der Waals surface area contributed by atoms with Crippen LogP contribution in [0.25, 0.3) is 0 Å². The van der Waals surface area contributed by atoms with Gasteiger partial charge < -0.3 is 5.73 Å². The number of hydrogen-bond donors (Lipinski definition) is 1. The Morgan fingerprint density at radius 1 is 1.36 bits per heavy atom. The molecule has 0 spiro atoms. The van der Waals surface area contributed by atoms with E-state index in [0.717, 1.165) is 19.3 Å². The predicted octanol–water partition coefficient (Wildman–Crippen LogP) is 3.22. The van der Waals surface area contributed by atoms with Crippen LogP contribution in [0.2, 0.25) is 0 Å². The summed E-state index contributed by atoms with van der Waals surface area (Å²) in [6, 6.07) is 8.73. The maximum atomic E-state index is 6.02. The van der Waals surface area contributed by atoms with Crippen molar-refractivity contribution in [3.63, 3.8) is 0 Å². The summed E-state index contributed by atoms with van der Waals surface area (Å²) in [5, 5.41) is 0. The van der Waals surface area contributed by atoms with Crippen molar-refractivity contribution in [3.8, 4) is 0 Å². The van der Waals surface area contributed by atoms with Gasteiger partial charge in [0.2, 0.25) is 0 Å². The van der Waals surface area contributed by atoms with Crippen molar-refractivity contribution < 1.29 is 0 Å². The first-order valence-corrected chi connectivity index (χ1v) is 5.23. The number of nitrogens with two attached hydrogens (primary N) is 1. The standard InChI is InChI=1S/C13H19N/c1-3-5-6-13(14)12-9-7-11(4-2)8-10-12/h3,7-10,13H,1,4-6,14H2,2H3/t13-/m0/s1.